The van der Waals surface area contributed by atoms with Crippen LogP contribution in [0.4, 0.5) is 0 Å². The Hall–Kier alpha value is -0.200. The van der Waals surface area contributed by atoms with E-state index in [-0.39, 0.29) is 11.5 Å². The molecule has 0 atom stereocenters. The Kier molecular flexibility index (Phi) is 3.86. The largest absolute Gasteiger partial charge is 0.292 e. The van der Waals surface area contributed by atoms with Crippen LogP contribution in [0.2, 0.25) is 0 Å². The summed E-state index contributed by atoms with van der Waals surface area (Å²) in [6, 6.07) is 3.36. The average molecular weight is 297 g/mol. The van der Waals surface area contributed by atoms with Gasteiger partial charge in [-0.2, -0.15) is 0 Å². The third-order valence-electron chi connectivity index (χ3n) is 1.64. The van der Waals surface area contributed by atoms with Gasteiger partial charge in [-0.05, 0) is 28.1 Å². The Balaban J connectivity index is 2.78. The minimum absolute atomic E-state index is 0.00524. The summed E-state index contributed by atoms with van der Waals surface area (Å²) >= 11 is 4.46. The summed E-state index contributed by atoms with van der Waals surface area (Å²) in [5, 5.41) is 0. The standard InChI is InChI=1S/C8H9BrO3S2/c1-2-14(11,12)5-6(10)7-3-4-8(9)13-7/h3-4H,2,5H2,1H3. The molecule has 0 N–H and O–H groups in total. The number of thiophene rings is 1. The molecule has 14 heavy (non-hydrogen) atoms. The number of carbonyl (C=O) groups excluding carboxylic acids is 1. The number of rotatable bonds is 4. The Morgan fingerprint density at radius 2 is 2.14 bits per heavy atom. The lowest BCUT2D eigenvalue weighted by Gasteiger charge is -1.97. The molecule has 6 heteroatoms. The maximum absolute atomic E-state index is 11.4. The predicted octanol–water partition coefficient (Wildman–Crippen LogP) is 2.13. The summed E-state index contributed by atoms with van der Waals surface area (Å²) in [7, 11) is -3.22. The van der Waals surface area contributed by atoms with E-state index in [0.29, 0.717) is 4.88 Å². The first-order chi connectivity index (χ1) is 6.44. The van der Waals surface area contributed by atoms with Crippen molar-refractivity contribution in [2.24, 2.45) is 0 Å². The number of hydrogen-bond donors (Lipinski definition) is 0. The quantitative estimate of drug-likeness (QED) is 0.800. The molecular weight excluding hydrogens is 288 g/mol. The van der Waals surface area contributed by atoms with Gasteiger partial charge in [0.25, 0.3) is 0 Å². The third kappa shape index (κ3) is 3.18. The zero-order chi connectivity index (χ0) is 10.8. The van der Waals surface area contributed by atoms with E-state index in [2.05, 4.69) is 15.9 Å². The molecule has 0 saturated carbocycles. The smallest absolute Gasteiger partial charge is 0.187 e. The fourth-order valence-corrected chi connectivity index (χ4v) is 3.01. The summed E-state index contributed by atoms with van der Waals surface area (Å²) in [4.78, 5) is 11.9. The molecule has 0 spiro atoms. The van der Waals surface area contributed by atoms with Crippen molar-refractivity contribution in [3.05, 3.63) is 20.8 Å². The van der Waals surface area contributed by atoms with Crippen LogP contribution in [0.5, 0.6) is 0 Å². The van der Waals surface area contributed by atoms with E-state index in [0.717, 1.165) is 3.79 Å². The molecule has 3 nitrogen and oxygen atoms in total. The number of carbonyl (C=O) groups is 1. The molecular formula is C8H9BrO3S2. The first-order valence-electron chi connectivity index (χ1n) is 3.93. The van der Waals surface area contributed by atoms with Gasteiger partial charge in [0.15, 0.2) is 15.6 Å². The molecule has 0 radical (unpaired) electrons. The van der Waals surface area contributed by atoms with Gasteiger partial charge in [-0.25, -0.2) is 8.42 Å². The number of ketones is 1. The van der Waals surface area contributed by atoms with Crippen molar-refractivity contribution in [1.82, 2.24) is 0 Å². The molecule has 1 heterocycles. The predicted molar refractivity (Wildman–Crippen MR) is 60.7 cm³/mol. The van der Waals surface area contributed by atoms with Crippen molar-refractivity contribution < 1.29 is 13.2 Å². The van der Waals surface area contributed by atoms with Crippen LogP contribution in [0, 0.1) is 0 Å². The van der Waals surface area contributed by atoms with Gasteiger partial charge < -0.3 is 0 Å². The van der Waals surface area contributed by atoms with Crippen molar-refractivity contribution in [2.45, 2.75) is 6.92 Å². The highest BCUT2D eigenvalue weighted by atomic mass is 79.9. The molecule has 78 valence electrons. The van der Waals surface area contributed by atoms with E-state index in [1.54, 1.807) is 12.1 Å². The van der Waals surface area contributed by atoms with Crippen LogP contribution in [0.15, 0.2) is 15.9 Å². The SMILES string of the molecule is CCS(=O)(=O)CC(=O)c1ccc(Br)s1. The summed E-state index contributed by atoms with van der Waals surface area (Å²) < 4.78 is 23.2. The highest BCUT2D eigenvalue weighted by Gasteiger charge is 2.17. The maximum atomic E-state index is 11.4. The molecule has 0 aliphatic rings. The lowest BCUT2D eigenvalue weighted by Crippen LogP contribution is -2.16. The second-order valence-electron chi connectivity index (χ2n) is 2.70. The van der Waals surface area contributed by atoms with Gasteiger partial charge in [0, 0.05) is 5.75 Å². The highest BCUT2D eigenvalue weighted by Crippen LogP contribution is 2.22. The van der Waals surface area contributed by atoms with E-state index < -0.39 is 15.6 Å². The van der Waals surface area contributed by atoms with E-state index in [4.69, 9.17) is 0 Å². The second-order valence-corrected chi connectivity index (χ2v) is 7.52. The highest BCUT2D eigenvalue weighted by molar-refractivity contribution is 9.11. The summed E-state index contributed by atoms with van der Waals surface area (Å²) in [6.07, 6.45) is 0. The van der Waals surface area contributed by atoms with E-state index in [1.165, 1.54) is 18.3 Å². The first kappa shape index (κ1) is 11.9. The lowest BCUT2D eigenvalue weighted by molar-refractivity contribution is 0.102. The molecule has 0 saturated heterocycles. The van der Waals surface area contributed by atoms with E-state index >= 15 is 0 Å². The molecule has 1 aromatic heterocycles. The van der Waals surface area contributed by atoms with Gasteiger partial charge in [-0.15, -0.1) is 11.3 Å². The van der Waals surface area contributed by atoms with E-state index in [9.17, 15) is 13.2 Å². The van der Waals surface area contributed by atoms with Gasteiger partial charge in [0.05, 0.1) is 8.66 Å². The Morgan fingerprint density at radius 1 is 1.50 bits per heavy atom. The van der Waals surface area contributed by atoms with Gasteiger partial charge >= 0.3 is 0 Å². The Morgan fingerprint density at radius 3 is 2.57 bits per heavy atom. The van der Waals surface area contributed by atoms with E-state index in [1.807, 2.05) is 0 Å². The van der Waals surface area contributed by atoms with Gasteiger partial charge in [0.1, 0.15) is 5.75 Å². The Labute approximate surface area is 95.2 Å². The number of halogens is 1. The van der Waals surface area contributed by atoms with Gasteiger partial charge in [0.2, 0.25) is 0 Å². The molecule has 0 amide bonds. The van der Waals surface area contributed by atoms with Crippen molar-refractivity contribution in [3.8, 4) is 0 Å². The molecule has 0 aromatic carbocycles. The molecule has 1 rings (SSSR count). The van der Waals surface area contributed by atoms with Crippen LogP contribution < -0.4 is 0 Å². The molecule has 0 aliphatic carbocycles. The summed E-state index contributed by atoms with van der Waals surface area (Å²) in [5.41, 5.74) is 0. The van der Waals surface area contributed by atoms with Crippen molar-refractivity contribution in [2.75, 3.05) is 11.5 Å². The number of hydrogen-bond acceptors (Lipinski definition) is 4. The number of sulfone groups is 1. The monoisotopic (exact) mass is 296 g/mol. The second kappa shape index (κ2) is 4.55. The van der Waals surface area contributed by atoms with Crippen molar-refractivity contribution in [1.29, 1.82) is 0 Å². The molecule has 1 aromatic rings. The van der Waals surface area contributed by atoms with Crippen molar-refractivity contribution >= 4 is 42.9 Å². The first-order valence-corrected chi connectivity index (χ1v) is 7.36. The maximum Gasteiger partial charge on any atom is 0.187 e. The Bertz CT molecular complexity index is 433. The zero-order valence-corrected chi connectivity index (χ0v) is 10.7. The van der Waals surface area contributed by atoms with Crippen LogP contribution in [0.3, 0.4) is 0 Å². The minimum atomic E-state index is -3.22. The van der Waals surface area contributed by atoms with Crippen LogP contribution >= 0.6 is 27.3 Å². The molecule has 0 bridgehead atoms. The molecule has 0 unspecified atom stereocenters. The fraction of sp³-hybridized carbons (Fsp3) is 0.375. The normalized spacial score (nSPS) is 11.6. The topological polar surface area (TPSA) is 51.2 Å². The lowest BCUT2D eigenvalue weighted by atomic mass is 10.4. The molecule has 0 fully saturated rings. The third-order valence-corrected chi connectivity index (χ3v) is 4.89. The summed E-state index contributed by atoms with van der Waals surface area (Å²) in [5.74, 6) is -0.718. The van der Waals surface area contributed by atoms with Gasteiger partial charge in [-0.3, -0.25) is 4.79 Å². The zero-order valence-electron chi connectivity index (χ0n) is 7.49. The van der Waals surface area contributed by atoms with Crippen molar-refractivity contribution in [3.63, 3.8) is 0 Å². The van der Waals surface area contributed by atoms with Crippen LogP contribution in [0.1, 0.15) is 16.6 Å². The summed E-state index contributed by atoms with van der Waals surface area (Å²) in [6.45, 7) is 1.53. The fourth-order valence-electron chi connectivity index (χ4n) is 0.837. The average Bonchev–Trinajstić information content (AvgIpc) is 2.51. The number of Topliss-reactive ketones (excluding diaryl/α,β-unsaturated/α-hetero) is 1. The minimum Gasteiger partial charge on any atom is -0.292 e. The van der Waals surface area contributed by atoms with Gasteiger partial charge in [-0.1, -0.05) is 6.92 Å². The van der Waals surface area contributed by atoms with Crippen LogP contribution in [-0.4, -0.2) is 25.7 Å². The molecule has 0 aliphatic heterocycles. The van der Waals surface area contributed by atoms with Crippen LogP contribution in [0.25, 0.3) is 0 Å². The van der Waals surface area contributed by atoms with Crippen LogP contribution in [-0.2, 0) is 9.84 Å².